The maximum absolute atomic E-state index is 11.7. The SMILES string of the molecule is C[As](C)(=O)C[C@H]1O[C@@H](OC[C@@H](O)C(=O)O)C(O)C1O. The molecule has 2 unspecified atom stereocenters. The van der Waals surface area contributed by atoms with Crippen LogP contribution in [0.4, 0.5) is 0 Å². The molecule has 112 valence electrons. The molecule has 4 N–H and O–H groups in total. The van der Waals surface area contributed by atoms with Crippen molar-refractivity contribution >= 4 is 19.5 Å². The molecular formula is C10H19AsO8. The number of carboxylic acid groups (broad SMARTS) is 1. The van der Waals surface area contributed by atoms with Gasteiger partial charge in [-0.3, -0.25) is 0 Å². The minimum atomic E-state index is -3.06. The summed E-state index contributed by atoms with van der Waals surface area (Å²) in [6.07, 6.45) is -6.41. The molecule has 0 aromatic rings. The van der Waals surface area contributed by atoms with E-state index >= 15 is 0 Å². The molecule has 19 heavy (non-hydrogen) atoms. The van der Waals surface area contributed by atoms with Gasteiger partial charge in [-0.25, -0.2) is 0 Å². The van der Waals surface area contributed by atoms with Crippen molar-refractivity contribution < 1.29 is 38.4 Å². The Labute approximate surface area is 112 Å². The molecule has 0 aliphatic carbocycles. The molecule has 1 heterocycles. The van der Waals surface area contributed by atoms with Gasteiger partial charge >= 0.3 is 112 Å². The molecule has 0 amide bonds. The Kier molecular flexibility index (Phi) is 5.61. The molecule has 8 nitrogen and oxygen atoms in total. The molecule has 1 saturated heterocycles. The number of ether oxygens (including phenoxy) is 2. The Hall–Kier alpha value is -0.372. The summed E-state index contributed by atoms with van der Waals surface area (Å²) < 4.78 is 21.8. The number of carbonyl (C=O) groups is 1. The Bertz CT molecular complexity index is 367. The first-order valence-corrected chi connectivity index (χ1v) is 11.5. The van der Waals surface area contributed by atoms with Crippen LogP contribution >= 0.6 is 0 Å². The molecule has 1 rings (SSSR count). The van der Waals surface area contributed by atoms with Gasteiger partial charge in [0.05, 0.1) is 0 Å². The average molecular weight is 342 g/mol. The van der Waals surface area contributed by atoms with Crippen LogP contribution in [-0.4, -0.2) is 77.2 Å². The van der Waals surface area contributed by atoms with E-state index in [2.05, 4.69) is 0 Å². The molecule has 0 radical (unpaired) electrons. The Morgan fingerprint density at radius 3 is 2.42 bits per heavy atom. The first-order chi connectivity index (χ1) is 8.61. The maximum atomic E-state index is 11.7. The van der Waals surface area contributed by atoms with Gasteiger partial charge in [0.25, 0.3) is 0 Å². The summed E-state index contributed by atoms with van der Waals surface area (Å²) in [6, 6.07) is 0. The third-order valence-corrected chi connectivity index (χ3v) is 5.24. The molecule has 0 aromatic heterocycles. The standard InChI is InChI=1S/C10H19AsO8/c1-11(2,17)3-6-7(13)8(14)10(19-6)18-4-5(12)9(15)16/h5-8,10,12-14H,3-4H2,1-2H3,(H,15,16)/t5-,6-,7?,8?,10-/m1/s1. The summed E-state index contributed by atoms with van der Waals surface area (Å²) in [5, 5.41) is 37.0. The van der Waals surface area contributed by atoms with Gasteiger partial charge in [-0.1, -0.05) is 0 Å². The van der Waals surface area contributed by atoms with Crippen LogP contribution in [0.3, 0.4) is 0 Å². The van der Waals surface area contributed by atoms with E-state index in [9.17, 15) is 18.7 Å². The third-order valence-electron chi connectivity index (χ3n) is 2.64. The van der Waals surface area contributed by atoms with Gasteiger partial charge in [-0.15, -0.1) is 0 Å². The average Bonchev–Trinajstić information content (AvgIpc) is 2.52. The summed E-state index contributed by atoms with van der Waals surface area (Å²) in [5.74, 6) is -1.46. The molecule has 0 bridgehead atoms. The summed E-state index contributed by atoms with van der Waals surface area (Å²) >= 11 is -3.06. The van der Waals surface area contributed by atoms with E-state index in [1.165, 1.54) is 0 Å². The Morgan fingerprint density at radius 1 is 1.37 bits per heavy atom. The van der Waals surface area contributed by atoms with Crippen molar-refractivity contribution in [2.24, 2.45) is 0 Å². The molecule has 1 aliphatic heterocycles. The number of aliphatic hydroxyl groups excluding tert-OH is 3. The van der Waals surface area contributed by atoms with Crippen LogP contribution in [0.25, 0.3) is 0 Å². The monoisotopic (exact) mass is 342 g/mol. The normalized spacial score (nSPS) is 33.3. The van der Waals surface area contributed by atoms with Crippen molar-refractivity contribution in [3.8, 4) is 0 Å². The van der Waals surface area contributed by atoms with E-state index in [0.29, 0.717) is 0 Å². The zero-order valence-corrected chi connectivity index (χ0v) is 12.5. The predicted octanol–water partition coefficient (Wildman–Crippen LogP) is -1.47. The van der Waals surface area contributed by atoms with Gasteiger partial charge in [0.15, 0.2) is 0 Å². The second-order valence-electron chi connectivity index (χ2n) is 4.97. The summed E-state index contributed by atoms with van der Waals surface area (Å²) in [7, 11) is 0. The summed E-state index contributed by atoms with van der Waals surface area (Å²) in [5.41, 5.74) is 3.17. The van der Waals surface area contributed by atoms with Gasteiger partial charge in [-0.2, -0.15) is 0 Å². The quantitative estimate of drug-likeness (QED) is 0.430. The zero-order chi connectivity index (χ0) is 14.8. The van der Waals surface area contributed by atoms with Crippen molar-refractivity contribution in [3.63, 3.8) is 0 Å². The van der Waals surface area contributed by atoms with Crippen molar-refractivity contribution in [1.29, 1.82) is 0 Å². The van der Waals surface area contributed by atoms with Crippen LogP contribution in [0.15, 0.2) is 0 Å². The van der Waals surface area contributed by atoms with E-state index in [4.69, 9.17) is 19.7 Å². The second-order valence-corrected chi connectivity index (χ2v) is 12.3. The number of hydrogen-bond donors (Lipinski definition) is 4. The van der Waals surface area contributed by atoms with Crippen LogP contribution in [0.1, 0.15) is 0 Å². The van der Waals surface area contributed by atoms with E-state index in [1.807, 2.05) is 0 Å². The molecule has 1 aliphatic rings. The van der Waals surface area contributed by atoms with Crippen LogP contribution in [0.2, 0.25) is 16.6 Å². The number of aliphatic carboxylic acids is 1. The molecule has 9 heteroatoms. The van der Waals surface area contributed by atoms with Gasteiger partial charge < -0.3 is 0 Å². The topological polar surface area (TPSA) is 134 Å². The number of rotatable bonds is 6. The summed E-state index contributed by atoms with van der Waals surface area (Å²) in [4.78, 5) is 10.4. The molecule has 0 saturated carbocycles. The van der Waals surface area contributed by atoms with Gasteiger partial charge in [0, 0.05) is 0 Å². The fourth-order valence-corrected chi connectivity index (χ4v) is 4.15. The van der Waals surface area contributed by atoms with Crippen LogP contribution < -0.4 is 0 Å². The second kappa shape index (κ2) is 6.39. The van der Waals surface area contributed by atoms with Crippen molar-refractivity contribution in [1.82, 2.24) is 0 Å². The van der Waals surface area contributed by atoms with Gasteiger partial charge in [0.2, 0.25) is 0 Å². The number of hydrogen-bond acceptors (Lipinski definition) is 7. The van der Waals surface area contributed by atoms with Crippen LogP contribution in [-0.2, 0) is 18.0 Å². The first-order valence-electron chi connectivity index (χ1n) is 5.70. The van der Waals surface area contributed by atoms with Crippen LogP contribution in [0.5, 0.6) is 0 Å². The van der Waals surface area contributed by atoms with Crippen LogP contribution in [0, 0.1) is 0 Å². The Balaban J connectivity index is 2.54. The van der Waals surface area contributed by atoms with E-state index in [0.717, 1.165) is 0 Å². The third kappa shape index (κ3) is 4.90. The molecular weight excluding hydrogens is 323 g/mol. The van der Waals surface area contributed by atoms with E-state index < -0.39 is 56.8 Å². The molecule has 1 fully saturated rings. The van der Waals surface area contributed by atoms with Crippen molar-refractivity contribution in [2.45, 2.75) is 47.3 Å². The fraction of sp³-hybridized carbons (Fsp3) is 0.900. The predicted molar refractivity (Wildman–Crippen MR) is 63.2 cm³/mol. The minimum absolute atomic E-state index is 0.137. The molecule has 5 atom stereocenters. The number of carboxylic acids is 1. The van der Waals surface area contributed by atoms with Gasteiger partial charge in [0.1, 0.15) is 0 Å². The number of aliphatic hydroxyl groups is 3. The fourth-order valence-electron chi connectivity index (χ4n) is 1.69. The summed E-state index contributed by atoms with van der Waals surface area (Å²) in [6.45, 7) is -0.572. The Morgan fingerprint density at radius 2 is 1.95 bits per heavy atom. The first kappa shape index (κ1) is 16.7. The van der Waals surface area contributed by atoms with Crippen molar-refractivity contribution in [2.75, 3.05) is 6.61 Å². The van der Waals surface area contributed by atoms with E-state index in [-0.39, 0.29) is 5.21 Å². The molecule has 0 spiro atoms. The molecule has 0 aromatic carbocycles. The van der Waals surface area contributed by atoms with Gasteiger partial charge in [-0.05, 0) is 0 Å². The zero-order valence-electron chi connectivity index (χ0n) is 10.7. The van der Waals surface area contributed by atoms with Crippen molar-refractivity contribution in [3.05, 3.63) is 0 Å². The van der Waals surface area contributed by atoms with E-state index in [1.54, 1.807) is 11.4 Å².